The van der Waals surface area contributed by atoms with Crippen LogP contribution in [0.25, 0.3) is 0 Å². The predicted octanol–water partition coefficient (Wildman–Crippen LogP) is 2.74. The number of nitrogens with two attached hydrogens (primary N) is 1. The molecule has 1 fully saturated rings. The lowest BCUT2D eigenvalue weighted by Gasteiger charge is -2.28. The van der Waals surface area contributed by atoms with Crippen molar-refractivity contribution in [3.63, 3.8) is 0 Å². The van der Waals surface area contributed by atoms with Crippen molar-refractivity contribution in [2.75, 3.05) is 13.1 Å². The lowest BCUT2D eigenvalue weighted by atomic mass is 9.80. The monoisotopic (exact) mass is 274 g/mol. The molecular weight excluding hydrogens is 248 g/mol. The summed E-state index contributed by atoms with van der Waals surface area (Å²) in [5, 5.41) is 3.09. The number of benzene rings is 1. The van der Waals surface area contributed by atoms with Gasteiger partial charge in [0.15, 0.2) is 0 Å². The Labute approximate surface area is 121 Å². The van der Waals surface area contributed by atoms with Crippen LogP contribution in [0.3, 0.4) is 0 Å². The lowest BCUT2D eigenvalue weighted by molar-refractivity contribution is 0.0936. The number of nitrogens with one attached hydrogen (secondary N) is 1. The maximum absolute atomic E-state index is 12.1. The van der Waals surface area contributed by atoms with E-state index in [-0.39, 0.29) is 5.91 Å². The minimum Gasteiger partial charge on any atom is -0.352 e. The van der Waals surface area contributed by atoms with E-state index in [0.717, 1.165) is 24.4 Å². The summed E-state index contributed by atoms with van der Waals surface area (Å²) in [7, 11) is 0. The number of carbonyl (C=O) groups excluding carboxylic acids is 1. The second-order valence-corrected chi connectivity index (χ2v) is 5.97. The van der Waals surface area contributed by atoms with Crippen LogP contribution in [-0.2, 0) is 6.42 Å². The van der Waals surface area contributed by atoms with Gasteiger partial charge in [-0.25, -0.2) is 0 Å². The van der Waals surface area contributed by atoms with Crippen molar-refractivity contribution in [2.24, 2.45) is 17.6 Å². The summed E-state index contributed by atoms with van der Waals surface area (Å²) in [6, 6.07) is 7.77. The highest BCUT2D eigenvalue weighted by atomic mass is 16.1. The van der Waals surface area contributed by atoms with E-state index in [1.807, 2.05) is 24.3 Å². The van der Waals surface area contributed by atoms with Crippen LogP contribution in [0.5, 0.6) is 0 Å². The van der Waals surface area contributed by atoms with Gasteiger partial charge in [-0.1, -0.05) is 38.3 Å². The predicted molar refractivity (Wildman–Crippen MR) is 82.7 cm³/mol. The van der Waals surface area contributed by atoms with Gasteiger partial charge in [0.1, 0.15) is 0 Å². The minimum atomic E-state index is 0.0436. The van der Waals surface area contributed by atoms with E-state index >= 15 is 0 Å². The summed E-state index contributed by atoms with van der Waals surface area (Å²) >= 11 is 0. The first-order valence-electron chi connectivity index (χ1n) is 7.78. The van der Waals surface area contributed by atoms with Gasteiger partial charge in [0, 0.05) is 12.1 Å². The van der Waals surface area contributed by atoms with Gasteiger partial charge >= 0.3 is 0 Å². The molecule has 20 heavy (non-hydrogen) atoms. The van der Waals surface area contributed by atoms with Crippen LogP contribution in [-0.4, -0.2) is 19.0 Å². The van der Waals surface area contributed by atoms with Crippen LogP contribution in [0, 0.1) is 11.8 Å². The second kappa shape index (κ2) is 7.44. The fourth-order valence-corrected chi connectivity index (χ4v) is 3.01. The molecular formula is C17H26N2O. The van der Waals surface area contributed by atoms with Gasteiger partial charge in [-0.3, -0.25) is 4.79 Å². The van der Waals surface area contributed by atoms with Gasteiger partial charge in [-0.15, -0.1) is 0 Å². The molecule has 2 unspecified atom stereocenters. The van der Waals surface area contributed by atoms with Crippen molar-refractivity contribution >= 4 is 5.91 Å². The number of amides is 1. The smallest absolute Gasteiger partial charge is 0.251 e. The Bertz CT molecular complexity index is 427. The Hall–Kier alpha value is -1.35. The zero-order valence-corrected chi connectivity index (χ0v) is 12.4. The SMILES string of the molecule is CC1CCCCC1CNC(=O)c1ccc(CCN)cc1. The number of carbonyl (C=O) groups is 1. The van der Waals surface area contributed by atoms with E-state index in [1.54, 1.807) is 0 Å². The molecule has 0 saturated heterocycles. The largest absolute Gasteiger partial charge is 0.352 e. The van der Waals surface area contributed by atoms with Gasteiger partial charge < -0.3 is 11.1 Å². The molecule has 1 aromatic rings. The summed E-state index contributed by atoms with van der Waals surface area (Å²) in [6.45, 7) is 3.76. The zero-order valence-electron chi connectivity index (χ0n) is 12.4. The standard InChI is InChI=1S/C17H26N2O/c1-13-4-2-3-5-16(13)12-19-17(20)15-8-6-14(7-9-15)10-11-18/h6-9,13,16H,2-5,10-12,18H2,1H3,(H,19,20). The highest BCUT2D eigenvalue weighted by Crippen LogP contribution is 2.28. The molecule has 1 saturated carbocycles. The molecule has 2 atom stereocenters. The van der Waals surface area contributed by atoms with Crippen molar-refractivity contribution in [3.8, 4) is 0 Å². The third-order valence-corrected chi connectivity index (χ3v) is 4.46. The van der Waals surface area contributed by atoms with Crippen LogP contribution >= 0.6 is 0 Å². The summed E-state index contributed by atoms with van der Waals surface area (Å²) < 4.78 is 0. The van der Waals surface area contributed by atoms with Gasteiger partial charge in [0.05, 0.1) is 0 Å². The molecule has 0 spiro atoms. The quantitative estimate of drug-likeness (QED) is 0.867. The Morgan fingerprint density at radius 3 is 2.60 bits per heavy atom. The van der Waals surface area contributed by atoms with Crippen molar-refractivity contribution < 1.29 is 4.79 Å². The number of rotatable bonds is 5. The number of hydrogen-bond acceptors (Lipinski definition) is 2. The lowest BCUT2D eigenvalue weighted by Crippen LogP contribution is -2.33. The second-order valence-electron chi connectivity index (χ2n) is 5.97. The molecule has 3 nitrogen and oxygen atoms in total. The normalized spacial score (nSPS) is 22.5. The van der Waals surface area contributed by atoms with E-state index in [1.165, 1.54) is 31.2 Å². The third-order valence-electron chi connectivity index (χ3n) is 4.46. The topological polar surface area (TPSA) is 55.1 Å². The van der Waals surface area contributed by atoms with Crippen LogP contribution in [0.2, 0.25) is 0 Å². The molecule has 0 heterocycles. The molecule has 0 aliphatic heterocycles. The fourth-order valence-electron chi connectivity index (χ4n) is 3.01. The fraction of sp³-hybridized carbons (Fsp3) is 0.588. The van der Waals surface area contributed by atoms with Crippen molar-refractivity contribution in [1.29, 1.82) is 0 Å². The molecule has 0 radical (unpaired) electrons. The first kappa shape index (κ1) is 15.0. The van der Waals surface area contributed by atoms with Gasteiger partial charge in [0.25, 0.3) is 5.91 Å². The summed E-state index contributed by atoms with van der Waals surface area (Å²) in [6.07, 6.45) is 6.06. The van der Waals surface area contributed by atoms with Crippen LogP contribution < -0.4 is 11.1 Å². The van der Waals surface area contributed by atoms with Gasteiger partial charge in [-0.05, 0) is 48.9 Å². The number of hydrogen-bond donors (Lipinski definition) is 2. The van der Waals surface area contributed by atoms with E-state index in [9.17, 15) is 4.79 Å². The maximum atomic E-state index is 12.1. The molecule has 1 aromatic carbocycles. The molecule has 110 valence electrons. The van der Waals surface area contributed by atoms with Crippen LogP contribution in [0.1, 0.15) is 48.5 Å². The van der Waals surface area contributed by atoms with E-state index < -0.39 is 0 Å². The highest BCUT2D eigenvalue weighted by molar-refractivity contribution is 5.94. The Kier molecular flexibility index (Phi) is 5.60. The van der Waals surface area contributed by atoms with E-state index in [4.69, 9.17) is 5.73 Å². The first-order valence-corrected chi connectivity index (χ1v) is 7.78. The average Bonchev–Trinajstić information content (AvgIpc) is 2.47. The van der Waals surface area contributed by atoms with Crippen LogP contribution in [0.4, 0.5) is 0 Å². The average molecular weight is 274 g/mol. The Morgan fingerprint density at radius 2 is 1.95 bits per heavy atom. The minimum absolute atomic E-state index is 0.0436. The maximum Gasteiger partial charge on any atom is 0.251 e. The van der Waals surface area contributed by atoms with E-state index in [2.05, 4.69) is 12.2 Å². The van der Waals surface area contributed by atoms with Crippen molar-refractivity contribution in [1.82, 2.24) is 5.32 Å². The van der Waals surface area contributed by atoms with Crippen molar-refractivity contribution in [2.45, 2.75) is 39.0 Å². The van der Waals surface area contributed by atoms with Gasteiger partial charge in [-0.2, -0.15) is 0 Å². The summed E-state index contributed by atoms with van der Waals surface area (Å²) in [5.41, 5.74) is 7.45. The highest BCUT2D eigenvalue weighted by Gasteiger charge is 2.21. The zero-order chi connectivity index (χ0) is 14.4. The molecule has 2 rings (SSSR count). The molecule has 1 aliphatic rings. The van der Waals surface area contributed by atoms with Crippen LogP contribution in [0.15, 0.2) is 24.3 Å². The molecule has 0 bridgehead atoms. The summed E-state index contributed by atoms with van der Waals surface area (Å²) in [5.74, 6) is 1.42. The molecule has 3 heteroatoms. The Balaban J connectivity index is 1.84. The molecule has 1 aliphatic carbocycles. The first-order chi connectivity index (χ1) is 9.70. The molecule has 0 aromatic heterocycles. The molecule has 1 amide bonds. The Morgan fingerprint density at radius 1 is 1.25 bits per heavy atom. The third kappa shape index (κ3) is 4.07. The van der Waals surface area contributed by atoms with E-state index in [0.29, 0.717) is 12.5 Å². The van der Waals surface area contributed by atoms with Crippen molar-refractivity contribution in [3.05, 3.63) is 35.4 Å². The molecule has 3 N–H and O–H groups in total. The van der Waals surface area contributed by atoms with Gasteiger partial charge in [0.2, 0.25) is 0 Å². The summed E-state index contributed by atoms with van der Waals surface area (Å²) in [4.78, 5) is 12.1.